The fourth-order valence-corrected chi connectivity index (χ4v) is 2.68. The summed E-state index contributed by atoms with van der Waals surface area (Å²) < 4.78 is 0. The third kappa shape index (κ3) is 2.53. The van der Waals surface area contributed by atoms with Gasteiger partial charge < -0.3 is 10.6 Å². The maximum absolute atomic E-state index is 12.1. The normalized spacial score (nSPS) is 13.6. The molecule has 3 rings (SSSR count). The van der Waals surface area contributed by atoms with Crippen molar-refractivity contribution in [3.05, 3.63) is 35.5 Å². The number of aromatic amines is 1. The van der Waals surface area contributed by atoms with Crippen LogP contribution in [0.3, 0.4) is 0 Å². The summed E-state index contributed by atoms with van der Waals surface area (Å²) in [6, 6.07) is 6.99. The standard InChI is InChI=1S/C13H12N4O2S/c1-7-4-11(17-16-7)15-13(19)8-2-3-10-9(5-8)14-12(18)6-20-10/h2-5H,6H2,1H3,(H,14,18)(H2,15,16,17,19). The first-order valence-electron chi connectivity index (χ1n) is 6.02. The van der Waals surface area contributed by atoms with Gasteiger partial charge in [0.25, 0.3) is 5.91 Å². The molecule has 2 heterocycles. The SMILES string of the molecule is Cc1cc(NC(=O)c2ccc3c(c2)NC(=O)CS3)n[nH]1. The van der Waals surface area contributed by atoms with E-state index in [1.807, 2.05) is 13.0 Å². The van der Waals surface area contributed by atoms with Crippen molar-refractivity contribution in [2.75, 3.05) is 16.4 Å². The van der Waals surface area contributed by atoms with E-state index in [4.69, 9.17) is 0 Å². The number of hydrogen-bond donors (Lipinski definition) is 3. The molecule has 6 nitrogen and oxygen atoms in total. The molecule has 1 aromatic heterocycles. The topological polar surface area (TPSA) is 86.9 Å². The van der Waals surface area contributed by atoms with Gasteiger partial charge >= 0.3 is 0 Å². The number of amides is 2. The molecule has 0 saturated carbocycles. The Kier molecular flexibility index (Phi) is 3.19. The van der Waals surface area contributed by atoms with Crippen molar-refractivity contribution < 1.29 is 9.59 Å². The predicted octanol–water partition coefficient (Wildman–Crippen LogP) is 2.01. The van der Waals surface area contributed by atoms with E-state index in [1.165, 1.54) is 11.8 Å². The molecule has 0 fully saturated rings. The molecule has 0 spiro atoms. The van der Waals surface area contributed by atoms with Gasteiger partial charge in [0, 0.05) is 22.2 Å². The van der Waals surface area contributed by atoms with Crippen LogP contribution in [0.4, 0.5) is 11.5 Å². The first-order valence-corrected chi connectivity index (χ1v) is 7.00. The highest BCUT2D eigenvalue weighted by atomic mass is 32.2. The number of rotatable bonds is 2. The predicted molar refractivity (Wildman–Crippen MR) is 77.1 cm³/mol. The van der Waals surface area contributed by atoms with Crippen LogP contribution in [0.1, 0.15) is 16.1 Å². The lowest BCUT2D eigenvalue weighted by Gasteiger charge is -2.16. The lowest BCUT2D eigenvalue weighted by atomic mass is 10.2. The van der Waals surface area contributed by atoms with Crippen molar-refractivity contribution in [1.29, 1.82) is 0 Å². The van der Waals surface area contributed by atoms with Gasteiger partial charge in [-0.3, -0.25) is 14.7 Å². The highest BCUT2D eigenvalue weighted by Crippen LogP contribution is 2.32. The largest absolute Gasteiger partial charge is 0.324 e. The first kappa shape index (κ1) is 12.7. The van der Waals surface area contributed by atoms with Crippen molar-refractivity contribution in [2.24, 2.45) is 0 Å². The van der Waals surface area contributed by atoms with Gasteiger partial charge in [-0.2, -0.15) is 5.10 Å². The van der Waals surface area contributed by atoms with Crippen molar-refractivity contribution >= 4 is 35.1 Å². The monoisotopic (exact) mass is 288 g/mol. The van der Waals surface area contributed by atoms with Crippen molar-refractivity contribution in [3.8, 4) is 0 Å². The van der Waals surface area contributed by atoms with Crippen LogP contribution < -0.4 is 10.6 Å². The molecule has 0 unspecified atom stereocenters. The van der Waals surface area contributed by atoms with E-state index in [2.05, 4.69) is 20.8 Å². The Labute approximate surface area is 119 Å². The first-order chi connectivity index (χ1) is 9.61. The lowest BCUT2D eigenvalue weighted by molar-refractivity contribution is -0.113. The van der Waals surface area contributed by atoms with Gasteiger partial charge in [-0.25, -0.2) is 0 Å². The molecule has 7 heteroatoms. The third-order valence-corrected chi connectivity index (χ3v) is 3.90. The molecular formula is C13H12N4O2S. The number of hydrogen-bond acceptors (Lipinski definition) is 4. The molecule has 0 saturated heterocycles. The summed E-state index contributed by atoms with van der Waals surface area (Å²) in [6.45, 7) is 1.86. The van der Waals surface area contributed by atoms with Crippen molar-refractivity contribution in [1.82, 2.24) is 10.2 Å². The molecule has 0 aliphatic carbocycles. The number of benzene rings is 1. The Hall–Kier alpha value is -2.28. The minimum absolute atomic E-state index is 0.0528. The van der Waals surface area contributed by atoms with Crippen LogP contribution in [0.25, 0.3) is 0 Å². The van der Waals surface area contributed by atoms with E-state index in [-0.39, 0.29) is 11.8 Å². The second-order valence-electron chi connectivity index (χ2n) is 4.44. The second-order valence-corrected chi connectivity index (χ2v) is 5.46. The van der Waals surface area contributed by atoms with Crippen molar-refractivity contribution in [2.45, 2.75) is 11.8 Å². The molecule has 0 bridgehead atoms. The number of aryl methyl sites for hydroxylation is 1. The maximum Gasteiger partial charge on any atom is 0.256 e. The van der Waals surface area contributed by atoms with Gasteiger partial charge in [0.1, 0.15) is 0 Å². The number of carbonyl (C=O) groups excluding carboxylic acids is 2. The minimum Gasteiger partial charge on any atom is -0.324 e. The summed E-state index contributed by atoms with van der Waals surface area (Å²) in [7, 11) is 0. The molecule has 3 N–H and O–H groups in total. The molecule has 0 radical (unpaired) electrons. The fraction of sp³-hybridized carbons (Fsp3) is 0.154. The third-order valence-electron chi connectivity index (χ3n) is 2.82. The van der Waals surface area contributed by atoms with E-state index < -0.39 is 0 Å². The van der Waals surface area contributed by atoms with Crippen LogP contribution >= 0.6 is 11.8 Å². The van der Waals surface area contributed by atoms with E-state index in [1.54, 1.807) is 18.2 Å². The van der Waals surface area contributed by atoms with Gasteiger partial charge in [-0.05, 0) is 25.1 Å². The number of fused-ring (bicyclic) bond motifs is 1. The van der Waals surface area contributed by atoms with E-state index >= 15 is 0 Å². The van der Waals surface area contributed by atoms with Gasteiger partial charge in [-0.1, -0.05) is 0 Å². The number of nitrogens with zero attached hydrogens (tertiary/aromatic N) is 1. The van der Waals surface area contributed by atoms with Crippen LogP contribution in [0.5, 0.6) is 0 Å². The molecule has 1 aliphatic heterocycles. The molecule has 0 atom stereocenters. The average molecular weight is 288 g/mol. The van der Waals surface area contributed by atoms with E-state index in [0.29, 0.717) is 22.8 Å². The number of H-pyrrole nitrogens is 1. The zero-order valence-corrected chi connectivity index (χ0v) is 11.5. The van der Waals surface area contributed by atoms with Crippen LogP contribution in [-0.2, 0) is 4.79 Å². The zero-order chi connectivity index (χ0) is 14.1. The van der Waals surface area contributed by atoms with Gasteiger partial charge in [0.2, 0.25) is 5.91 Å². The molecule has 1 aromatic carbocycles. The number of aromatic nitrogens is 2. The quantitative estimate of drug-likeness (QED) is 0.789. The summed E-state index contributed by atoms with van der Waals surface area (Å²) in [5.41, 5.74) is 2.03. The molecule has 102 valence electrons. The number of thioether (sulfide) groups is 1. The maximum atomic E-state index is 12.1. The Morgan fingerprint density at radius 2 is 2.25 bits per heavy atom. The number of anilines is 2. The smallest absolute Gasteiger partial charge is 0.256 e. The average Bonchev–Trinajstić information content (AvgIpc) is 2.83. The van der Waals surface area contributed by atoms with E-state index in [9.17, 15) is 9.59 Å². The minimum atomic E-state index is -0.260. The molecule has 2 aromatic rings. The second kappa shape index (κ2) is 5.01. The summed E-state index contributed by atoms with van der Waals surface area (Å²) in [5, 5.41) is 12.2. The Morgan fingerprint density at radius 1 is 1.40 bits per heavy atom. The number of nitrogens with one attached hydrogen (secondary N) is 3. The Bertz CT molecular complexity index is 695. The number of carbonyl (C=O) groups is 2. The summed E-state index contributed by atoms with van der Waals surface area (Å²) in [6.07, 6.45) is 0. The lowest BCUT2D eigenvalue weighted by Crippen LogP contribution is -2.20. The highest BCUT2D eigenvalue weighted by molar-refractivity contribution is 8.00. The van der Waals surface area contributed by atoms with Crippen LogP contribution in [-0.4, -0.2) is 27.8 Å². The molecular weight excluding hydrogens is 276 g/mol. The molecule has 1 aliphatic rings. The summed E-state index contributed by atoms with van der Waals surface area (Å²) in [5.74, 6) is 0.571. The Morgan fingerprint density at radius 3 is 3.00 bits per heavy atom. The van der Waals surface area contributed by atoms with Gasteiger partial charge in [0.05, 0.1) is 11.4 Å². The van der Waals surface area contributed by atoms with Crippen LogP contribution in [0, 0.1) is 6.92 Å². The van der Waals surface area contributed by atoms with Crippen molar-refractivity contribution in [3.63, 3.8) is 0 Å². The van der Waals surface area contributed by atoms with Gasteiger partial charge in [0.15, 0.2) is 5.82 Å². The van der Waals surface area contributed by atoms with Crippen LogP contribution in [0.2, 0.25) is 0 Å². The molecule has 20 heavy (non-hydrogen) atoms. The Balaban J connectivity index is 1.81. The molecule has 2 amide bonds. The van der Waals surface area contributed by atoms with Crippen LogP contribution in [0.15, 0.2) is 29.2 Å². The fourth-order valence-electron chi connectivity index (χ4n) is 1.89. The van der Waals surface area contributed by atoms with E-state index in [0.717, 1.165) is 10.6 Å². The zero-order valence-electron chi connectivity index (χ0n) is 10.7. The summed E-state index contributed by atoms with van der Waals surface area (Å²) >= 11 is 1.46. The van der Waals surface area contributed by atoms with Gasteiger partial charge in [-0.15, -0.1) is 11.8 Å². The highest BCUT2D eigenvalue weighted by Gasteiger charge is 2.17. The summed E-state index contributed by atoms with van der Waals surface area (Å²) in [4.78, 5) is 24.4.